The normalized spacial score (nSPS) is 25.5. The highest BCUT2D eigenvalue weighted by Gasteiger charge is 2.27. The summed E-state index contributed by atoms with van der Waals surface area (Å²) in [6.45, 7) is 8.57. The zero-order valence-electron chi connectivity index (χ0n) is 15.3. The number of nitrogens with zero attached hydrogens (tertiary/aromatic N) is 1. The SMILES string of the molecule is C[C@@H]1C[C@@H](C)C[NH+](C[C@H](O)Cn2c3ccccc3c3ccccc32)C1. The van der Waals surface area contributed by atoms with Crippen LogP contribution >= 0.6 is 0 Å². The molecule has 0 radical (unpaired) electrons. The predicted molar refractivity (Wildman–Crippen MR) is 104 cm³/mol. The summed E-state index contributed by atoms with van der Waals surface area (Å²) in [6.07, 6.45) is 1.01. The van der Waals surface area contributed by atoms with Crippen LogP contribution < -0.4 is 4.90 Å². The lowest BCUT2D eigenvalue weighted by Crippen LogP contribution is -3.15. The molecule has 0 aliphatic carbocycles. The molecule has 132 valence electrons. The average Bonchev–Trinajstić information content (AvgIpc) is 2.89. The molecule has 2 aromatic carbocycles. The van der Waals surface area contributed by atoms with Gasteiger partial charge in [-0.3, -0.25) is 0 Å². The minimum absolute atomic E-state index is 0.313. The average molecular weight is 337 g/mol. The van der Waals surface area contributed by atoms with Gasteiger partial charge in [0.15, 0.2) is 0 Å². The molecule has 1 aliphatic rings. The van der Waals surface area contributed by atoms with Crippen LogP contribution in [0, 0.1) is 11.8 Å². The maximum absolute atomic E-state index is 10.8. The summed E-state index contributed by atoms with van der Waals surface area (Å²) in [7, 11) is 0. The molecule has 0 spiro atoms. The molecule has 2 heterocycles. The minimum atomic E-state index is -0.313. The first-order chi connectivity index (χ1) is 12.1. The maximum Gasteiger partial charge on any atom is 0.121 e. The van der Waals surface area contributed by atoms with Crippen molar-refractivity contribution < 1.29 is 10.0 Å². The molecule has 3 heteroatoms. The van der Waals surface area contributed by atoms with Crippen molar-refractivity contribution in [2.75, 3.05) is 19.6 Å². The Balaban J connectivity index is 1.59. The molecule has 0 saturated carbocycles. The van der Waals surface area contributed by atoms with Gasteiger partial charge < -0.3 is 14.6 Å². The Morgan fingerprint density at radius 1 is 0.960 bits per heavy atom. The zero-order chi connectivity index (χ0) is 17.4. The van der Waals surface area contributed by atoms with Gasteiger partial charge in [-0.25, -0.2) is 0 Å². The highest BCUT2D eigenvalue weighted by atomic mass is 16.3. The van der Waals surface area contributed by atoms with Crippen LogP contribution in [0.1, 0.15) is 20.3 Å². The van der Waals surface area contributed by atoms with Gasteiger partial charge in [-0.05, 0) is 18.6 Å². The van der Waals surface area contributed by atoms with Crippen molar-refractivity contribution in [3.63, 3.8) is 0 Å². The lowest BCUT2D eigenvalue weighted by molar-refractivity contribution is -0.915. The minimum Gasteiger partial charge on any atom is -0.385 e. The number of hydrogen-bond donors (Lipinski definition) is 2. The van der Waals surface area contributed by atoms with Gasteiger partial charge in [-0.1, -0.05) is 50.2 Å². The summed E-state index contributed by atoms with van der Waals surface area (Å²) < 4.78 is 2.30. The molecule has 3 aromatic rings. The lowest BCUT2D eigenvalue weighted by Gasteiger charge is -2.33. The second kappa shape index (κ2) is 6.81. The highest BCUT2D eigenvalue weighted by molar-refractivity contribution is 6.07. The summed E-state index contributed by atoms with van der Waals surface area (Å²) in [4.78, 5) is 1.56. The van der Waals surface area contributed by atoms with Crippen molar-refractivity contribution in [1.82, 2.24) is 4.57 Å². The number of likely N-dealkylation sites (tertiary alicyclic amines) is 1. The second-order valence-electron chi connectivity index (χ2n) is 8.11. The Labute approximate surface area is 149 Å². The fourth-order valence-corrected chi connectivity index (χ4v) is 4.90. The van der Waals surface area contributed by atoms with E-state index in [1.807, 2.05) is 0 Å². The zero-order valence-corrected chi connectivity index (χ0v) is 15.3. The topological polar surface area (TPSA) is 29.6 Å². The molecular formula is C22H29N2O+. The number of benzene rings is 2. The Morgan fingerprint density at radius 2 is 1.48 bits per heavy atom. The van der Waals surface area contributed by atoms with E-state index in [4.69, 9.17) is 0 Å². The van der Waals surface area contributed by atoms with Crippen LogP contribution in [-0.2, 0) is 6.54 Å². The van der Waals surface area contributed by atoms with Crippen LogP contribution in [0.25, 0.3) is 21.8 Å². The molecule has 3 atom stereocenters. The van der Waals surface area contributed by atoms with Gasteiger partial charge in [0.25, 0.3) is 0 Å². The Bertz CT molecular complexity index is 805. The van der Waals surface area contributed by atoms with E-state index in [1.165, 1.54) is 41.3 Å². The lowest BCUT2D eigenvalue weighted by atomic mass is 9.92. The molecule has 1 aliphatic heterocycles. The van der Waals surface area contributed by atoms with Crippen LogP contribution in [0.15, 0.2) is 48.5 Å². The van der Waals surface area contributed by atoms with Gasteiger partial charge in [0, 0.05) is 33.6 Å². The standard InChI is InChI=1S/C22H28N2O/c1-16-11-17(2)13-23(12-16)14-18(25)15-24-21-9-5-3-7-19(21)20-8-4-6-10-22(20)24/h3-10,16-18,25H,11-15H2,1-2H3/p+1/t16-,17-,18+/m1/s1. The number of hydrogen-bond acceptors (Lipinski definition) is 1. The largest absolute Gasteiger partial charge is 0.385 e. The molecule has 1 fully saturated rings. The number of rotatable bonds is 4. The predicted octanol–water partition coefficient (Wildman–Crippen LogP) is 2.72. The second-order valence-corrected chi connectivity index (χ2v) is 8.11. The van der Waals surface area contributed by atoms with Crippen LogP contribution in [0.3, 0.4) is 0 Å². The smallest absolute Gasteiger partial charge is 0.121 e. The molecule has 2 N–H and O–H groups in total. The fraction of sp³-hybridized carbons (Fsp3) is 0.455. The quantitative estimate of drug-likeness (QED) is 0.753. The third kappa shape index (κ3) is 3.31. The number of aliphatic hydroxyl groups is 1. The third-order valence-corrected chi connectivity index (χ3v) is 5.68. The van der Waals surface area contributed by atoms with Gasteiger partial charge >= 0.3 is 0 Å². The highest BCUT2D eigenvalue weighted by Crippen LogP contribution is 2.28. The van der Waals surface area contributed by atoms with E-state index in [9.17, 15) is 5.11 Å². The number of piperidine rings is 1. The van der Waals surface area contributed by atoms with E-state index < -0.39 is 0 Å². The molecule has 1 saturated heterocycles. The molecule has 25 heavy (non-hydrogen) atoms. The number of aromatic nitrogens is 1. The van der Waals surface area contributed by atoms with Crippen LogP contribution in [-0.4, -0.2) is 35.4 Å². The molecule has 1 aromatic heterocycles. The molecule has 4 rings (SSSR count). The van der Waals surface area contributed by atoms with Crippen LogP contribution in [0.2, 0.25) is 0 Å². The number of para-hydroxylation sites is 2. The van der Waals surface area contributed by atoms with E-state index in [0.717, 1.165) is 18.4 Å². The van der Waals surface area contributed by atoms with E-state index in [1.54, 1.807) is 4.90 Å². The van der Waals surface area contributed by atoms with Crippen molar-refractivity contribution in [1.29, 1.82) is 0 Å². The van der Waals surface area contributed by atoms with Crippen LogP contribution in [0.4, 0.5) is 0 Å². The third-order valence-electron chi connectivity index (χ3n) is 5.68. The first kappa shape index (κ1) is 16.6. The van der Waals surface area contributed by atoms with Crippen molar-refractivity contribution in [3.05, 3.63) is 48.5 Å². The van der Waals surface area contributed by atoms with Gasteiger partial charge in [0.2, 0.25) is 0 Å². The van der Waals surface area contributed by atoms with E-state index in [2.05, 4.69) is 66.9 Å². The van der Waals surface area contributed by atoms with E-state index in [-0.39, 0.29) is 6.10 Å². The fourth-order valence-electron chi connectivity index (χ4n) is 4.90. The van der Waals surface area contributed by atoms with Crippen molar-refractivity contribution in [2.24, 2.45) is 11.8 Å². The maximum atomic E-state index is 10.8. The van der Waals surface area contributed by atoms with E-state index >= 15 is 0 Å². The Morgan fingerprint density at radius 3 is 2.04 bits per heavy atom. The molecule has 3 nitrogen and oxygen atoms in total. The Kier molecular flexibility index (Phi) is 4.53. The molecular weight excluding hydrogens is 308 g/mol. The summed E-state index contributed by atoms with van der Waals surface area (Å²) >= 11 is 0. The van der Waals surface area contributed by atoms with Gasteiger partial charge in [0.1, 0.15) is 12.6 Å². The first-order valence-corrected chi connectivity index (χ1v) is 9.59. The first-order valence-electron chi connectivity index (χ1n) is 9.59. The van der Waals surface area contributed by atoms with Crippen molar-refractivity contribution in [3.8, 4) is 0 Å². The summed E-state index contributed by atoms with van der Waals surface area (Å²) in [5, 5.41) is 13.4. The number of nitrogens with one attached hydrogen (secondary N) is 1. The van der Waals surface area contributed by atoms with Crippen molar-refractivity contribution >= 4 is 21.8 Å². The van der Waals surface area contributed by atoms with Gasteiger partial charge in [0.05, 0.1) is 19.6 Å². The van der Waals surface area contributed by atoms with Gasteiger partial charge in [-0.2, -0.15) is 0 Å². The summed E-state index contributed by atoms with van der Waals surface area (Å²) in [6, 6.07) is 17.1. The number of quaternary nitrogens is 1. The number of aliphatic hydroxyl groups excluding tert-OH is 1. The number of fused-ring (bicyclic) bond motifs is 3. The molecule has 0 amide bonds. The molecule has 0 unspecified atom stereocenters. The van der Waals surface area contributed by atoms with E-state index in [0.29, 0.717) is 6.54 Å². The monoisotopic (exact) mass is 337 g/mol. The summed E-state index contributed by atoms with van der Waals surface area (Å²) in [5.74, 6) is 1.53. The van der Waals surface area contributed by atoms with Crippen LogP contribution in [0.5, 0.6) is 0 Å². The van der Waals surface area contributed by atoms with Gasteiger partial charge in [-0.15, -0.1) is 0 Å². The van der Waals surface area contributed by atoms with Crippen molar-refractivity contribution in [2.45, 2.75) is 32.9 Å². The molecule has 0 bridgehead atoms. The Hall–Kier alpha value is -1.84. The summed E-state index contributed by atoms with van der Waals surface area (Å²) in [5.41, 5.74) is 2.44.